The van der Waals surface area contributed by atoms with Gasteiger partial charge < -0.3 is 4.74 Å². The Morgan fingerprint density at radius 2 is 2.62 bits per heavy atom. The van der Waals surface area contributed by atoms with Gasteiger partial charge in [0.2, 0.25) is 0 Å². The number of hydrazine groups is 1. The summed E-state index contributed by atoms with van der Waals surface area (Å²) in [6, 6.07) is 0. The van der Waals surface area contributed by atoms with Gasteiger partial charge in [-0.2, -0.15) is 0 Å². The highest BCUT2D eigenvalue weighted by Crippen LogP contribution is 2.09. The Bertz CT molecular complexity index is 287. The summed E-state index contributed by atoms with van der Waals surface area (Å²) in [6.07, 6.45) is 0. The monoisotopic (exact) mass is 201 g/mol. The van der Waals surface area contributed by atoms with Crippen LogP contribution in [-0.2, 0) is 11.3 Å². The number of nitrogens with two attached hydrogens (primary N) is 1. The van der Waals surface area contributed by atoms with E-state index in [1.165, 1.54) is 11.3 Å². The van der Waals surface area contributed by atoms with Crippen molar-refractivity contribution in [3.05, 3.63) is 16.1 Å². The molecule has 72 valence electrons. The number of thiazole rings is 1. The Labute approximate surface area is 79.9 Å². The molecule has 0 unspecified atom stereocenters. The second-order valence-corrected chi connectivity index (χ2v) is 3.11. The Hall–Kier alpha value is -0.980. The fourth-order valence-electron chi connectivity index (χ4n) is 0.746. The van der Waals surface area contributed by atoms with Crippen LogP contribution in [-0.4, -0.2) is 17.5 Å². The van der Waals surface area contributed by atoms with Crippen molar-refractivity contribution in [2.45, 2.75) is 13.5 Å². The third-order valence-electron chi connectivity index (χ3n) is 1.33. The van der Waals surface area contributed by atoms with Crippen LogP contribution in [0, 0.1) is 0 Å². The highest BCUT2D eigenvalue weighted by atomic mass is 32.1. The number of nitrogen functional groups attached to an aromatic ring is 1. The van der Waals surface area contributed by atoms with Crippen molar-refractivity contribution in [1.82, 2.24) is 10.4 Å². The lowest BCUT2D eigenvalue weighted by Gasteiger charge is -1.95. The number of aromatic nitrogens is 1. The summed E-state index contributed by atoms with van der Waals surface area (Å²) in [5.41, 5.74) is 2.77. The van der Waals surface area contributed by atoms with Crippen molar-refractivity contribution in [2.75, 3.05) is 6.61 Å². The van der Waals surface area contributed by atoms with Crippen LogP contribution in [0.2, 0.25) is 0 Å². The molecule has 0 aromatic carbocycles. The van der Waals surface area contributed by atoms with Crippen LogP contribution in [0.1, 0.15) is 22.4 Å². The molecule has 0 atom stereocenters. The van der Waals surface area contributed by atoms with E-state index in [0.29, 0.717) is 18.2 Å². The molecule has 0 aliphatic heterocycles. The predicted octanol–water partition coefficient (Wildman–Crippen LogP) is 0.283. The average molecular weight is 201 g/mol. The molecule has 3 N–H and O–H groups in total. The summed E-state index contributed by atoms with van der Waals surface area (Å²) in [7, 11) is 0. The molecule has 1 aromatic rings. The van der Waals surface area contributed by atoms with Gasteiger partial charge in [0, 0.05) is 12.0 Å². The zero-order valence-corrected chi connectivity index (χ0v) is 8.06. The van der Waals surface area contributed by atoms with Crippen molar-refractivity contribution in [1.29, 1.82) is 0 Å². The van der Waals surface area contributed by atoms with Crippen LogP contribution in [0.3, 0.4) is 0 Å². The third-order valence-corrected chi connectivity index (χ3v) is 2.22. The summed E-state index contributed by atoms with van der Waals surface area (Å²) in [5, 5.41) is 2.14. The topological polar surface area (TPSA) is 77.2 Å². The number of nitrogens with zero attached hydrogens (tertiary/aromatic N) is 1. The van der Waals surface area contributed by atoms with Crippen LogP contribution in [0.5, 0.6) is 0 Å². The molecule has 0 aliphatic carbocycles. The predicted molar refractivity (Wildman–Crippen MR) is 49.1 cm³/mol. The average Bonchev–Trinajstić information content (AvgIpc) is 2.62. The van der Waals surface area contributed by atoms with Crippen LogP contribution in [0.4, 0.5) is 0 Å². The molecule has 1 rings (SSSR count). The number of rotatable bonds is 4. The van der Waals surface area contributed by atoms with Crippen LogP contribution < -0.4 is 11.3 Å². The molecule has 0 aliphatic rings. The second-order valence-electron chi connectivity index (χ2n) is 2.25. The molecular weight excluding hydrogens is 190 g/mol. The van der Waals surface area contributed by atoms with Gasteiger partial charge in [-0.25, -0.2) is 10.8 Å². The highest BCUT2D eigenvalue weighted by molar-refractivity contribution is 7.11. The van der Waals surface area contributed by atoms with E-state index in [0.717, 1.165) is 5.69 Å². The van der Waals surface area contributed by atoms with Crippen molar-refractivity contribution >= 4 is 17.2 Å². The zero-order valence-electron chi connectivity index (χ0n) is 7.24. The molecule has 1 aromatic heterocycles. The molecule has 1 heterocycles. The molecule has 0 saturated heterocycles. The van der Waals surface area contributed by atoms with E-state index in [1.54, 1.807) is 5.38 Å². The van der Waals surface area contributed by atoms with Gasteiger partial charge in [-0.3, -0.25) is 10.2 Å². The van der Waals surface area contributed by atoms with E-state index in [4.69, 9.17) is 10.6 Å². The molecule has 0 fully saturated rings. The van der Waals surface area contributed by atoms with Crippen molar-refractivity contribution in [2.24, 2.45) is 5.84 Å². The van der Waals surface area contributed by atoms with Gasteiger partial charge in [-0.1, -0.05) is 0 Å². The lowest BCUT2D eigenvalue weighted by atomic mass is 10.5. The van der Waals surface area contributed by atoms with Gasteiger partial charge >= 0.3 is 0 Å². The van der Waals surface area contributed by atoms with E-state index in [1.807, 2.05) is 12.3 Å². The van der Waals surface area contributed by atoms with Gasteiger partial charge in [-0.05, 0) is 6.92 Å². The first kappa shape index (κ1) is 10.1. The smallest absolute Gasteiger partial charge is 0.294 e. The number of hydrogen-bond acceptors (Lipinski definition) is 5. The van der Waals surface area contributed by atoms with E-state index < -0.39 is 0 Å². The van der Waals surface area contributed by atoms with Crippen molar-refractivity contribution in [3.8, 4) is 0 Å². The lowest BCUT2D eigenvalue weighted by Crippen LogP contribution is -2.29. The standard InChI is InChI=1S/C7H11N3O2S/c1-2-12-3-5-4-13-7(9-5)6(11)10-8/h4H,2-3,8H2,1H3,(H,10,11). The van der Waals surface area contributed by atoms with Crippen LogP contribution in [0.25, 0.3) is 0 Å². The summed E-state index contributed by atoms with van der Waals surface area (Å²) in [6.45, 7) is 2.97. The quantitative estimate of drug-likeness (QED) is 0.417. The number of carbonyl (C=O) groups is 1. The minimum Gasteiger partial charge on any atom is -0.375 e. The fourth-order valence-corrected chi connectivity index (χ4v) is 1.45. The molecule has 0 saturated carbocycles. The second kappa shape index (κ2) is 4.90. The number of carbonyl (C=O) groups excluding carboxylic acids is 1. The van der Waals surface area contributed by atoms with Crippen LogP contribution >= 0.6 is 11.3 Å². The third kappa shape index (κ3) is 2.76. The Morgan fingerprint density at radius 3 is 3.23 bits per heavy atom. The molecule has 0 spiro atoms. The molecular formula is C7H11N3O2S. The summed E-state index contributed by atoms with van der Waals surface area (Å²) >= 11 is 1.25. The number of ether oxygens (including phenoxy) is 1. The van der Waals surface area contributed by atoms with Gasteiger partial charge in [0.1, 0.15) is 0 Å². The van der Waals surface area contributed by atoms with Crippen molar-refractivity contribution < 1.29 is 9.53 Å². The minimum atomic E-state index is -0.368. The summed E-state index contributed by atoms with van der Waals surface area (Å²) in [5.74, 6) is 4.58. The number of amides is 1. The summed E-state index contributed by atoms with van der Waals surface area (Å²) in [4.78, 5) is 15.0. The van der Waals surface area contributed by atoms with Gasteiger partial charge in [0.05, 0.1) is 12.3 Å². The molecule has 0 bridgehead atoms. The Kier molecular flexibility index (Phi) is 3.81. The maximum atomic E-state index is 11.0. The first-order chi connectivity index (χ1) is 6.27. The Morgan fingerprint density at radius 1 is 1.85 bits per heavy atom. The fraction of sp³-hybridized carbons (Fsp3) is 0.429. The van der Waals surface area contributed by atoms with E-state index in [-0.39, 0.29) is 5.91 Å². The summed E-state index contributed by atoms with van der Waals surface area (Å²) < 4.78 is 5.13. The minimum absolute atomic E-state index is 0.359. The molecule has 5 nitrogen and oxygen atoms in total. The van der Waals surface area contributed by atoms with Gasteiger partial charge in [0.15, 0.2) is 5.01 Å². The number of nitrogens with one attached hydrogen (secondary N) is 1. The lowest BCUT2D eigenvalue weighted by molar-refractivity contribution is 0.0952. The number of hydrogen-bond donors (Lipinski definition) is 2. The van der Waals surface area contributed by atoms with Crippen molar-refractivity contribution in [3.63, 3.8) is 0 Å². The van der Waals surface area contributed by atoms with E-state index >= 15 is 0 Å². The first-order valence-electron chi connectivity index (χ1n) is 3.81. The van der Waals surface area contributed by atoms with Crippen LogP contribution in [0.15, 0.2) is 5.38 Å². The normalized spacial score (nSPS) is 10.0. The van der Waals surface area contributed by atoms with E-state index in [9.17, 15) is 4.79 Å². The highest BCUT2D eigenvalue weighted by Gasteiger charge is 2.08. The SMILES string of the molecule is CCOCc1csc(C(=O)NN)n1. The molecule has 0 radical (unpaired) electrons. The Balaban J connectivity index is 2.58. The first-order valence-corrected chi connectivity index (χ1v) is 4.69. The van der Waals surface area contributed by atoms with Gasteiger partial charge in [-0.15, -0.1) is 11.3 Å². The van der Waals surface area contributed by atoms with Gasteiger partial charge in [0.25, 0.3) is 5.91 Å². The molecule has 6 heteroatoms. The zero-order chi connectivity index (χ0) is 9.68. The largest absolute Gasteiger partial charge is 0.375 e. The van der Waals surface area contributed by atoms with E-state index in [2.05, 4.69) is 4.98 Å². The molecule has 13 heavy (non-hydrogen) atoms. The maximum Gasteiger partial charge on any atom is 0.294 e. The molecule has 1 amide bonds. The maximum absolute atomic E-state index is 11.0.